The zero-order valence-electron chi connectivity index (χ0n) is 12.9. The van der Waals surface area contributed by atoms with Crippen molar-refractivity contribution in [1.29, 1.82) is 0 Å². The minimum Gasteiger partial charge on any atom is -0.399 e. The van der Waals surface area contributed by atoms with E-state index in [1.807, 2.05) is 27.7 Å². The molecule has 7 heteroatoms. The van der Waals surface area contributed by atoms with Gasteiger partial charge < -0.3 is 9.31 Å². The van der Waals surface area contributed by atoms with Crippen LogP contribution in [-0.2, 0) is 9.31 Å². The largest absolute Gasteiger partial charge is 0.498 e. The summed E-state index contributed by atoms with van der Waals surface area (Å²) >= 11 is 6.10. The van der Waals surface area contributed by atoms with E-state index in [0.29, 0.717) is 10.7 Å². The van der Waals surface area contributed by atoms with Crippen LogP contribution in [0.5, 0.6) is 0 Å². The number of halogens is 2. The van der Waals surface area contributed by atoms with Gasteiger partial charge in [-0.1, -0.05) is 11.6 Å². The van der Waals surface area contributed by atoms with E-state index in [2.05, 4.69) is 5.10 Å². The molecule has 0 atom stereocenters. The second kappa shape index (κ2) is 5.08. The summed E-state index contributed by atoms with van der Waals surface area (Å²) in [6.45, 7) is 7.95. The smallest absolute Gasteiger partial charge is 0.399 e. The molecule has 0 bridgehead atoms. The van der Waals surface area contributed by atoms with Gasteiger partial charge in [0.25, 0.3) is 0 Å². The van der Waals surface area contributed by atoms with Crippen molar-refractivity contribution >= 4 is 24.2 Å². The van der Waals surface area contributed by atoms with Gasteiger partial charge in [0, 0.05) is 23.9 Å². The van der Waals surface area contributed by atoms with Gasteiger partial charge in [-0.3, -0.25) is 0 Å². The molecule has 0 radical (unpaired) electrons. The Morgan fingerprint density at radius 3 is 2.45 bits per heavy atom. The van der Waals surface area contributed by atoms with Gasteiger partial charge in [-0.15, -0.1) is 0 Å². The van der Waals surface area contributed by atoms with Gasteiger partial charge >= 0.3 is 7.12 Å². The van der Waals surface area contributed by atoms with E-state index in [1.54, 1.807) is 12.4 Å². The molecule has 1 fully saturated rings. The van der Waals surface area contributed by atoms with Crippen LogP contribution in [0.3, 0.4) is 0 Å². The molecule has 1 aliphatic rings. The molecule has 1 saturated heterocycles. The maximum atomic E-state index is 13.4. The molecule has 116 valence electrons. The Kier molecular flexibility index (Phi) is 3.59. The first-order chi connectivity index (χ1) is 10.2. The maximum Gasteiger partial charge on any atom is 0.498 e. The summed E-state index contributed by atoms with van der Waals surface area (Å²) in [5.41, 5.74) is 0.399. The second-order valence-electron chi connectivity index (χ2n) is 6.40. The molecule has 1 aromatic carbocycles. The van der Waals surface area contributed by atoms with Crippen LogP contribution in [-0.4, -0.2) is 28.1 Å². The Hall–Kier alpha value is -1.37. The molecule has 0 amide bonds. The van der Waals surface area contributed by atoms with Crippen LogP contribution >= 0.6 is 11.6 Å². The molecule has 2 aromatic rings. The number of aromatic nitrogens is 2. The normalized spacial score (nSPS) is 19.6. The van der Waals surface area contributed by atoms with Gasteiger partial charge in [0.2, 0.25) is 0 Å². The second-order valence-corrected chi connectivity index (χ2v) is 6.81. The average molecular weight is 323 g/mol. The third kappa shape index (κ3) is 2.55. The lowest BCUT2D eigenvalue weighted by Gasteiger charge is -2.32. The lowest BCUT2D eigenvalue weighted by molar-refractivity contribution is 0.00578. The van der Waals surface area contributed by atoms with E-state index in [-0.39, 0.29) is 5.82 Å². The van der Waals surface area contributed by atoms with Crippen molar-refractivity contribution in [1.82, 2.24) is 9.78 Å². The predicted octanol–water partition coefficient (Wildman–Crippen LogP) is 2.96. The molecule has 3 rings (SSSR count). The van der Waals surface area contributed by atoms with Crippen LogP contribution in [0.25, 0.3) is 5.69 Å². The molecule has 1 aliphatic heterocycles. The predicted molar refractivity (Wildman–Crippen MR) is 84.2 cm³/mol. The van der Waals surface area contributed by atoms with E-state index in [4.69, 9.17) is 20.9 Å². The standard InChI is InChI=1S/C15H17BClFN2O2/c1-14(2)15(3,4)22-16(21-14)10-8-19-20(9-10)13-7-11(18)5-6-12(13)17/h5-9H,1-4H3. The SMILES string of the molecule is CC1(C)OB(c2cnn(-c3cc(F)ccc3Cl)c2)OC1(C)C. The molecule has 0 spiro atoms. The number of benzene rings is 1. The van der Waals surface area contributed by atoms with Crippen LogP contribution in [0.2, 0.25) is 5.02 Å². The van der Waals surface area contributed by atoms with Crippen molar-refractivity contribution in [2.45, 2.75) is 38.9 Å². The van der Waals surface area contributed by atoms with Crippen LogP contribution in [0.4, 0.5) is 4.39 Å². The first-order valence-electron chi connectivity index (χ1n) is 7.05. The molecule has 1 aromatic heterocycles. The fraction of sp³-hybridized carbons (Fsp3) is 0.400. The zero-order chi connectivity index (χ0) is 16.1. The van der Waals surface area contributed by atoms with Crippen LogP contribution in [0.15, 0.2) is 30.6 Å². The number of hydrogen-bond acceptors (Lipinski definition) is 3. The molecule has 0 aliphatic carbocycles. The highest BCUT2D eigenvalue weighted by molar-refractivity contribution is 6.62. The van der Waals surface area contributed by atoms with Gasteiger partial charge in [-0.25, -0.2) is 9.07 Å². The van der Waals surface area contributed by atoms with E-state index in [0.717, 1.165) is 5.46 Å². The highest BCUT2D eigenvalue weighted by Crippen LogP contribution is 2.36. The monoisotopic (exact) mass is 322 g/mol. The van der Waals surface area contributed by atoms with Crippen LogP contribution < -0.4 is 5.46 Å². The topological polar surface area (TPSA) is 36.3 Å². The van der Waals surface area contributed by atoms with Gasteiger partial charge in [-0.2, -0.15) is 5.10 Å². The summed E-state index contributed by atoms with van der Waals surface area (Å²) in [4.78, 5) is 0. The summed E-state index contributed by atoms with van der Waals surface area (Å²) in [6, 6.07) is 4.15. The minimum absolute atomic E-state index is 0.368. The minimum atomic E-state index is -0.508. The van der Waals surface area contributed by atoms with Crippen molar-refractivity contribution < 1.29 is 13.7 Å². The van der Waals surface area contributed by atoms with E-state index >= 15 is 0 Å². The molecular formula is C15H17BClFN2O2. The van der Waals surface area contributed by atoms with E-state index < -0.39 is 18.3 Å². The van der Waals surface area contributed by atoms with Crippen LogP contribution in [0, 0.1) is 5.82 Å². The Balaban J connectivity index is 1.91. The lowest BCUT2D eigenvalue weighted by Crippen LogP contribution is -2.41. The summed E-state index contributed by atoms with van der Waals surface area (Å²) < 4.78 is 26.9. The summed E-state index contributed by atoms with van der Waals surface area (Å²) in [6.07, 6.45) is 3.38. The third-order valence-electron chi connectivity index (χ3n) is 4.28. The highest BCUT2D eigenvalue weighted by atomic mass is 35.5. The lowest BCUT2D eigenvalue weighted by atomic mass is 9.82. The highest BCUT2D eigenvalue weighted by Gasteiger charge is 2.52. The number of hydrogen-bond donors (Lipinski definition) is 0. The van der Waals surface area contributed by atoms with Gasteiger partial charge in [-0.05, 0) is 39.8 Å². The fourth-order valence-corrected chi connectivity index (χ4v) is 2.43. The molecule has 2 heterocycles. The summed E-state index contributed by atoms with van der Waals surface area (Å²) in [7, 11) is -0.508. The molecule has 0 unspecified atom stereocenters. The summed E-state index contributed by atoms with van der Waals surface area (Å²) in [5.74, 6) is -0.368. The van der Waals surface area contributed by atoms with Crippen molar-refractivity contribution in [2.75, 3.05) is 0 Å². The fourth-order valence-electron chi connectivity index (χ4n) is 2.23. The van der Waals surface area contributed by atoms with Gasteiger partial charge in [0.1, 0.15) is 5.82 Å². The van der Waals surface area contributed by atoms with E-state index in [1.165, 1.54) is 22.9 Å². The van der Waals surface area contributed by atoms with Gasteiger partial charge in [0.05, 0.1) is 21.9 Å². The van der Waals surface area contributed by atoms with Crippen molar-refractivity contribution in [3.8, 4) is 5.69 Å². The van der Waals surface area contributed by atoms with Crippen molar-refractivity contribution in [3.05, 3.63) is 41.4 Å². The number of nitrogens with zero attached hydrogens (tertiary/aromatic N) is 2. The average Bonchev–Trinajstić information content (AvgIpc) is 2.96. The Labute approximate surface area is 134 Å². The Bertz CT molecular complexity index is 701. The quantitative estimate of drug-likeness (QED) is 0.798. The number of rotatable bonds is 2. The van der Waals surface area contributed by atoms with Crippen molar-refractivity contribution in [3.63, 3.8) is 0 Å². The molecule has 0 N–H and O–H groups in total. The summed E-state index contributed by atoms with van der Waals surface area (Å²) in [5, 5.41) is 4.66. The third-order valence-corrected chi connectivity index (χ3v) is 4.60. The molecule has 4 nitrogen and oxygen atoms in total. The van der Waals surface area contributed by atoms with Gasteiger partial charge in [0.15, 0.2) is 0 Å². The molecule has 22 heavy (non-hydrogen) atoms. The molecule has 0 saturated carbocycles. The zero-order valence-corrected chi connectivity index (χ0v) is 13.7. The van der Waals surface area contributed by atoms with Crippen LogP contribution in [0.1, 0.15) is 27.7 Å². The molecular weight excluding hydrogens is 305 g/mol. The Morgan fingerprint density at radius 1 is 1.18 bits per heavy atom. The first kappa shape index (κ1) is 15.5. The Morgan fingerprint density at radius 2 is 1.82 bits per heavy atom. The maximum absolute atomic E-state index is 13.4. The van der Waals surface area contributed by atoms with E-state index in [9.17, 15) is 4.39 Å². The first-order valence-corrected chi connectivity index (χ1v) is 7.43. The van der Waals surface area contributed by atoms with Crippen molar-refractivity contribution in [2.24, 2.45) is 0 Å².